The Balaban J connectivity index is 1.89. The number of nitrogens with zero attached hydrogens (tertiary/aromatic N) is 6. The Morgan fingerprint density at radius 1 is 1.29 bits per heavy atom. The second kappa shape index (κ2) is 3.98. The fourth-order valence-electron chi connectivity index (χ4n) is 1.38. The second-order valence-electron chi connectivity index (χ2n) is 3.22. The molecule has 0 aliphatic carbocycles. The zero-order valence-electron chi connectivity index (χ0n) is 8.46. The Labute approximate surface area is 101 Å². The highest BCUT2D eigenvalue weighted by Crippen LogP contribution is 2.23. The molecular weight excluding hydrogens is 240 g/mol. The van der Waals surface area contributed by atoms with Gasteiger partial charge in [0.2, 0.25) is 0 Å². The van der Waals surface area contributed by atoms with Crippen LogP contribution in [-0.4, -0.2) is 24.7 Å². The lowest BCUT2D eigenvalue weighted by Crippen LogP contribution is -1.99. The molecule has 1 unspecified atom stereocenters. The summed E-state index contributed by atoms with van der Waals surface area (Å²) in [4.78, 5) is 12.3. The number of aromatic nitrogens is 4. The molecule has 0 radical (unpaired) electrons. The fourth-order valence-corrected chi connectivity index (χ4v) is 1.52. The summed E-state index contributed by atoms with van der Waals surface area (Å²) in [7, 11) is 0. The van der Waals surface area contributed by atoms with Gasteiger partial charge in [0.1, 0.15) is 12.0 Å². The smallest absolute Gasteiger partial charge is 0.304 e. The SMILES string of the molecule is S=C1N=NC(c2cn(-c3cnccn3)cn2)O1. The number of azo groups is 1. The van der Waals surface area contributed by atoms with Crippen LogP contribution in [0.1, 0.15) is 11.9 Å². The van der Waals surface area contributed by atoms with Gasteiger partial charge in [0, 0.05) is 18.6 Å². The summed E-state index contributed by atoms with van der Waals surface area (Å²) < 4.78 is 6.91. The quantitative estimate of drug-likeness (QED) is 0.749. The van der Waals surface area contributed by atoms with E-state index in [4.69, 9.17) is 17.0 Å². The van der Waals surface area contributed by atoms with Crippen molar-refractivity contribution in [3.8, 4) is 5.82 Å². The highest BCUT2D eigenvalue weighted by molar-refractivity contribution is 7.80. The summed E-state index contributed by atoms with van der Waals surface area (Å²) in [6, 6.07) is 0. The van der Waals surface area contributed by atoms with E-state index >= 15 is 0 Å². The minimum Gasteiger partial charge on any atom is -0.435 e. The predicted octanol–water partition coefficient (Wildman–Crippen LogP) is 1.43. The van der Waals surface area contributed by atoms with Gasteiger partial charge in [0.05, 0.1) is 6.20 Å². The first-order chi connectivity index (χ1) is 8.33. The first-order valence-corrected chi connectivity index (χ1v) is 5.15. The van der Waals surface area contributed by atoms with E-state index < -0.39 is 6.23 Å². The number of hydrogen-bond acceptors (Lipinski definition) is 6. The van der Waals surface area contributed by atoms with Crippen LogP contribution >= 0.6 is 12.2 Å². The number of hydrogen-bond donors (Lipinski definition) is 0. The molecule has 84 valence electrons. The van der Waals surface area contributed by atoms with Crippen LogP contribution in [0.25, 0.3) is 5.82 Å². The molecule has 7 nitrogen and oxygen atoms in total. The maximum atomic E-state index is 5.18. The maximum Gasteiger partial charge on any atom is 0.304 e. The van der Waals surface area contributed by atoms with Crippen LogP contribution in [0.2, 0.25) is 0 Å². The minimum atomic E-state index is -0.555. The summed E-state index contributed by atoms with van der Waals surface area (Å²) in [5, 5.41) is 7.61. The van der Waals surface area contributed by atoms with Crippen molar-refractivity contribution < 1.29 is 4.74 Å². The fraction of sp³-hybridized carbons (Fsp3) is 0.111. The van der Waals surface area contributed by atoms with Crippen molar-refractivity contribution in [2.75, 3.05) is 0 Å². The number of rotatable bonds is 2. The Bertz CT molecular complexity index is 580. The van der Waals surface area contributed by atoms with E-state index in [0.717, 1.165) is 0 Å². The predicted molar refractivity (Wildman–Crippen MR) is 60.4 cm³/mol. The first kappa shape index (κ1) is 9.97. The standard InChI is InChI=1S/C9H6N6OS/c17-9-14-13-8(16-9)6-4-15(5-12-6)7-3-10-1-2-11-7/h1-5,8H. The van der Waals surface area contributed by atoms with Crippen LogP contribution < -0.4 is 0 Å². The van der Waals surface area contributed by atoms with Crippen molar-refractivity contribution in [2.45, 2.75) is 6.23 Å². The molecular formula is C9H6N6OS. The van der Waals surface area contributed by atoms with Crippen LogP contribution in [0.4, 0.5) is 0 Å². The van der Waals surface area contributed by atoms with Gasteiger partial charge < -0.3 is 4.74 Å². The third-order valence-corrected chi connectivity index (χ3v) is 2.30. The van der Waals surface area contributed by atoms with E-state index in [1.165, 1.54) is 0 Å². The lowest BCUT2D eigenvalue weighted by Gasteiger charge is -2.01. The molecule has 0 bridgehead atoms. The molecule has 1 aliphatic rings. The zero-order valence-corrected chi connectivity index (χ0v) is 9.28. The average Bonchev–Trinajstić information content (AvgIpc) is 2.98. The topological polar surface area (TPSA) is 77.5 Å². The molecule has 3 heterocycles. The van der Waals surface area contributed by atoms with E-state index in [0.29, 0.717) is 11.5 Å². The summed E-state index contributed by atoms with van der Waals surface area (Å²) in [5.74, 6) is 0.670. The normalized spacial score (nSPS) is 18.4. The van der Waals surface area contributed by atoms with Gasteiger partial charge in [-0.15, -0.1) is 10.2 Å². The number of imidazole rings is 1. The van der Waals surface area contributed by atoms with Crippen LogP contribution in [-0.2, 0) is 4.74 Å². The monoisotopic (exact) mass is 246 g/mol. The lowest BCUT2D eigenvalue weighted by atomic mass is 10.4. The van der Waals surface area contributed by atoms with Crippen molar-refractivity contribution in [2.24, 2.45) is 10.2 Å². The van der Waals surface area contributed by atoms with Crippen LogP contribution in [0, 0.1) is 0 Å². The Hall–Kier alpha value is -2.22. The van der Waals surface area contributed by atoms with Crippen LogP contribution in [0.15, 0.2) is 41.3 Å². The number of ether oxygens (including phenoxy) is 1. The summed E-state index contributed by atoms with van der Waals surface area (Å²) in [6.45, 7) is 0. The van der Waals surface area contributed by atoms with Gasteiger partial charge in [0.15, 0.2) is 5.82 Å². The Morgan fingerprint density at radius 2 is 2.24 bits per heavy atom. The average molecular weight is 246 g/mol. The van der Waals surface area contributed by atoms with Crippen LogP contribution in [0.3, 0.4) is 0 Å². The van der Waals surface area contributed by atoms with Gasteiger partial charge in [0.25, 0.3) is 6.23 Å². The van der Waals surface area contributed by atoms with E-state index in [9.17, 15) is 0 Å². The zero-order chi connectivity index (χ0) is 11.7. The summed E-state index contributed by atoms with van der Waals surface area (Å²) >= 11 is 4.76. The van der Waals surface area contributed by atoms with Crippen molar-refractivity contribution in [3.63, 3.8) is 0 Å². The molecule has 2 aromatic rings. The molecule has 0 aromatic carbocycles. The first-order valence-electron chi connectivity index (χ1n) is 4.75. The Morgan fingerprint density at radius 3 is 2.94 bits per heavy atom. The van der Waals surface area contributed by atoms with Crippen molar-refractivity contribution in [1.82, 2.24) is 19.5 Å². The molecule has 0 saturated carbocycles. The minimum absolute atomic E-state index is 0.129. The van der Waals surface area contributed by atoms with Gasteiger partial charge in [-0.05, 0) is 12.2 Å². The van der Waals surface area contributed by atoms with E-state index in [2.05, 4.69) is 25.2 Å². The highest BCUT2D eigenvalue weighted by atomic mass is 32.1. The van der Waals surface area contributed by atoms with Crippen molar-refractivity contribution in [3.05, 3.63) is 36.8 Å². The molecule has 2 aromatic heterocycles. The lowest BCUT2D eigenvalue weighted by molar-refractivity contribution is 0.222. The molecule has 8 heteroatoms. The molecule has 0 spiro atoms. The van der Waals surface area contributed by atoms with Gasteiger partial charge in [-0.3, -0.25) is 9.55 Å². The largest absolute Gasteiger partial charge is 0.435 e. The summed E-state index contributed by atoms with van der Waals surface area (Å²) in [5.41, 5.74) is 0.624. The van der Waals surface area contributed by atoms with Crippen molar-refractivity contribution >= 4 is 17.4 Å². The molecule has 0 amide bonds. The second-order valence-corrected chi connectivity index (χ2v) is 3.57. The third-order valence-electron chi connectivity index (χ3n) is 2.13. The molecule has 3 rings (SSSR count). The maximum absolute atomic E-state index is 5.18. The molecule has 0 saturated heterocycles. The Kier molecular flexibility index (Phi) is 2.33. The molecule has 0 N–H and O–H groups in total. The molecule has 0 fully saturated rings. The highest BCUT2D eigenvalue weighted by Gasteiger charge is 2.22. The molecule has 1 aliphatic heterocycles. The van der Waals surface area contributed by atoms with E-state index in [1.807, 2.05) is 0 Å². The summed E-state index contributed by atoms with van der Waals surface area (Å²) in [6.07, 6.45) is 7.65. The van der Waals surface area contributed by atoms with Crippen LogP contribution in [0.5, 0.6) is 0 Å². The van der Waals surface area contributed by atoms with Gasteiger partial charge >= 0.3 is 5.17 Å². The number of thiocarbonyl (C=S) groups is 1. The van der Waals surface area contributed by atoms with Gasteiger partial charge in [-0.1, -0.05) is 0 Å². The third kappa shape index (κ3) is 1.89. The van der Waals surface area contributed by atoms with E-state index in [-0.39, 0.29) is 5.17 Å². The van der Waals surface area contributed by atoms with Gasteiger partial charge in [-0.2, -0.15) is 0 Å². The molecule has 17 heavy (non-hydrogen) atoms. The van der Waals surface area contributed by atoms with Gasteiger partial charge in [-0.25, -0.2) is 9.97 Å². The van der Waals surface area contributed by atoms with Crippen molar-refractivity contribution in [1.29, 1.82) is 0 Å². The molecule has 1 atom stereocenters. The van der Waals surface area contributed by atoms with E-state index in [1.54, 1.807) is 35.7 Å².